The Morgan fingerprint density at radius 3 is 2.52 bits per heavy atom. The summed E-state index contributed by atoms with van der Waals surface area (Å²) in [6.07, 6.45) is 4.36. The molecular weight excluding hydrogens is 332 g/mol. The molecule has 4 nitrogen and oxygen atoms in total. The molecule has 0 saturated heterocycles. The largest absolute Gasteiger partial charge is 0.351 e. The molecule has 134 valence electrons. The molecule has 0 saturated carbocycles. The molecule has 1 atom stereocenters. The normalized spacial score (nSPS) is 11.8. The van der Waals surface area contributed by atoms with E-state index in [9.17, 15) is 9.59 Å². The van der Waals surface area contributed by atoms with Crippen LogP contribution < -0.4 is 10.6 Å². The third-order valence-electron chi connectivity index (χ3n) is 4.00. The first kappa shape index (κ1) is 19.2. The van der Waals surface area contributed by atoms with Gasteiger partial charge in [-0.05, 0) is 24.1 Å². The second kappa shape index (κ2) is 9.99. The lowest BCUT2D eigenvalue weighted by atomic mass is 10.0. The van der Waals surface area contributed by atoms with E-state index in [0.29, 0.717) is 11.4 Å². The van der Waals surface area contributed by atoms with Crippen LogP contribution in [0, 0.1) is 0 Å². The van der Waals surface area contributed by atoms with Gasteiger partial charge >= 0.3 is 0 Å². The summed E-state index contributed by atoms with van der Waals surface area (Å²) >= 11 is 1.42. The van der Waals surface area contributed by atoms with Crippen molar-refractivity contribution in [1.29, 1.82) is 0 Å². The number of benzene rings is 1. The van der Waals surface area contributed by atoms with Crippen molar-refractivity contribution in [2.45, 2.75) is 52.1 Å². The number of unbranched alkanes of at least 4 members (excludes halogenated alkanes) is 2. The Balaban J connectivity index is 2.02. The Bertz CT molecular complexity index is 682. The van der Waals surface area contributed by atoms with E-state index in [4.69, 9.17) is 0 Å². The predicted octanol–water partition coefficient (Wildman–Crippen LogP) is 4.44. The number of rotatable bonds is 9. The van der Waals surface area contributed by atoms with E-state index >= 15 is 0 Å². The third-order valence-corrected chi connectivity index (χ3v) is 5.08. The van der Waals surface area contributed by atoms with Crippen molar-refractivity contribution in [3.05, 3.63) is 57.8 Å². The van der Waals surface area contributed by atoms with Crippen LogP contribution in [0.2, 0.25) is 0 Å². The summed E-state index contributed by atoms with van der Waals surface area (Å²) in [4.78, 5) is 25.3. The molecule has 0 aliphatic heterocycles. The first-order valence-corrected chi connectivity index (χ1v) is 9.60. The summed E-state index contributed by atoms with van der Waals surface area (Å²) in [7, 11) is 0. The second-order valence-corrected chi connectivity index (χ2v) is 7.28. The van der Waals surface area contributed by atoms with Crippen molar-refractivity contribution in [3.8, 4) is 0 Å². The van der Waals surface area contributed by atoms with Gasteiger partial charge < -0.3 is 10.6 Å². The van der Waals surface area contributed by atoms with Crippen LogP contribution in [-0.4, -0.2) is 11.8 Å². The van der Waals surface area contributed by atoms with E-state index < -0.39 is 0 Å². The quantitative estimate of drug-likeness (QED) is 0.651. The molecule has 0 aliphatic rings. The zero-order valence-corrected chi connectivity index (χ0v) is 15.7. The number of nitrogens with one attached hydrogen (secondary N) is 2. The van der Waals surface area contributed by atoms with Gasteiger partial charge in [-0.1, -0.05) is 56.5 Å². The highest BCUT2D eigenvalue weighted by molar-refractivity contribution is 7.14. The lowest BCUT2D eigenvalue weighted by Gasteiger charge is -2.19. The molecule has 25 heavy (non-hydrogen) atoms. The van der Waals surface area contributed by atoms with Gasteiger partial charge in [0.15, 0.2) is 0 Å². The van der Waals surface area contributed by atoms with Gasteiger partial charge in [0.2, 0.25) is 5.91 Å². The number of hydrogen-bond acceptors (Lipinski definition) is 3. The minimum Gasteiger partial charge on any atom is -0.351 e. The van der Waals surface area contributed by atoms with E-state index in [1.54, 1.807) is 0 Å². The van der Waals surface area contributed by atoms with Crippen molar-refractivity contribution in [1.82, 2.24) is 10.6 Å². The van der Waals surface area contributed by atoms with Crippen LogP contribution in [0.15, 0.2) is 42.5 Å². The molecule has 2 aromatic rings. The molecule has 0 bridgehead atoms. The zero-order valence-electron chi connectivity index (χ0n) is 14.9. The molecule has 1 heterocycles. The van der Waals surface area contributed by atoms with Gasteiger partial charge in [0.25, 0.3) is 5.91 Å². The van der Waals surface area contributed by atoms with Gasteiger partial charge in [0.05, 0.1) is 17.5 Å². The Kier molecular flexibility index (Phi) is 7.67. The maximum absolute atomic E-state index is 12.6. The molecule has 1 aromatic carbocycles. The third kappa shape index (κ3) is 6.35. The maximum atomic E-state index is 12.6. The van der Waals surface area contributed by atoms with Crippen LogP contribution >= 0.6 is 11.3 Å². The average molecular weight is 359 g/mol. The number of carbonyl (C=O) groups excluding carboxylic acids is 2. The average Bonchev–Trinajstić information content (AvgIpc) is 3.09. The molecule has 0 aliphatic carbocycles. The van der Waals surface area contributed by atoms with E-state index in [1.807, 2.05) is 30.3 Å². The lowest BCUT2D eigenvalue weighted by molar-refractivity contribution is -0.119. The van der Waals surface area contributed by atoms with Gasteiger partial charge in [0.1, 0.15) is 0 Å². The Hall–Kier alpha value is -2.14. The molecule has 1 unspecified atom stereocenters. The maximum Gasteiger partial charge on any atom is 0.261 e. The molecule has 0 radical (unpaired) electrons. The van der Waals surface area contributed by atoms with Crippen molar-refractivity contribution in [3.63, 3.8) is 0 Å². The van der Waals surface area contributed by atoms with Crippen LogP contribution in [-0.2, 0) is 11.3 Å². The summed E-state index contributed by atoms with van der Waals surface area (Å²) in [6.45, 7) is 4.13. The van der Waals surface area contributed by atoms with Gasteiger partial charge in [-0.25, -0.2) is 0 Å². The predicted molar refractivity (Wildman–Crippen MR) is 103 cm³/mol. The molecular formula is C20H26N2O2S. The van der Waals surface area contributed by atoms with Gasteiger partial charge in [0, 0.05) is 11.8 Å². The van der Waals surface area contributed by atoms with Crippen LogP contribution in [0.4, 0.5) is 0 Å². The first-order chi connectivity index (χ1) is 12.1. The van der Waals surface area contributed by atoms with E-state index in [2.05, 4.69) is 29.7 Å². The first-order valence-electron chi connectivity index (χ1n) is 8.79. The number of thiophene rings is 1. The highest BCUT2D eigenvalue weighted by atomic mass is 32.1. The highest BCUT2D eigenvalue weighted by Crippen LogP contribution is 2.22. The SMILES string of the molecule is CCCCCC(NC(=O)c1ccc(CNC(C)=O)s1)c1ccccc1. The van der Waals surface area contributed by atoms with Crippen LogP contribution in [0.5, 0.6) is 0 Å². The van der Waals surface area contributed by atoms with Crippen LogP contribution in [0.1, 0.15) is 65.7 Å². The standard InChI is InChI=1S/C20H26N2O2S/c1-3-4-6-11-18(16-9-7-5-8-10-16)22-20(24)19-13-12-17(25-19)14-21-15(2)23/h5,7-10,12-13,18H,3-4,6,11,14H2,1-2H3,(H,21,23)(H,22,24). The fraction of sp³-hybridized carbons (Fsp3) is 0.400. The second-order valence-electron chi connectivity index (χ2n) is 6.11. The fourth-order valence-corrected chi connectivity index (χ4v) is 3.49. The van der Waals surface area contributed by atoms with E-state index in [1.165, 1.54) is 24.7 Å². The van der Waals surface area contributed by atoms with Gasteiger partial charge in [-0.15, -0.1) is 11.3 Å². The Morgan fingerprint density at radius 2 is 1.84 bits per heavy atom. The van der Waals surface area contributed by atoms with Crippen molar-refractivity contribution >= 4 is 23.2 Å². The molecule has 2 amide bonds. The summed E-state index contributed by atoms with van der Waals surface area (Å²) < 4.78 is 0. The summed E-state index contributed by atoms with van der Waals surface area (Å²) in [5.41, 5.74) is 1.14. The molecule has 0 spiro atoms. The van der Waals surface area contributed by atoms with Gasteiger partial charge in [-0.2, -0.15) is 0 Å². The molecule has 2 rings (SSSR count). The fourth-order valence-electron chi connectivity index (χ4n) is 2.64. The van der Waals surface area contributed by atoms with Crippen molar-refractivity contribution in [2.75, 3.05) is 0 Å². The van der Waals surface area contributed by atoms with E-state index in [-0.39, 0.29) is 17.9 Å². The summed E-state index contributed by atoms with van der Waals surface area (Å²) in [5.74, 6) is -0.121. The van der Waals surface area contributed by atoms with Crippen LogP contribution in [0.25, 0.3) is 0 Å². The Morgan fingerprint density at radius 1 is 1.08 bits per heavy atom. The molecule has 0 fully saturated rings. The minimum atomic E-state index is -0.0699. The highest BCUT2D eigenvalue weighted by Gasteiger charge is 2.17. The van der Waals surface area contributed by atoms with Crippen molar-refractivity contribution < 1.29 is 9.59 Å². The topological polar surface area (TPSA) is 58.2 Å². The monoisotopic (exact) mass is 358 g/mol. The van der Waals surface area contributed by atoms with Gasteiger partial charge in [-0.3, -0.25) is 9.59 Å². The smallest absolute Gasteiger partial charge is 0.261 e. The number of hydrogen-bond donors (Lipinski definition) is 2. The molecule has 5 heteroatoms. The van der Waals surface area contributed by atoms with E-state index in [0.717, 1.165) is 29.7 Å². The minimum absolute atomic E-state index is 0.0288. The number of carbonyl (C=O) groups is 2. The number of amides is 2. The van der Waals surface area contributed by atoms with Crippen molar-refractivity contribution in [2.24, 2.45) is 0 Å². The lowest BCUT2D eigenvalue weighted by Crippen LogP contribution is -2.28. The summed E-state index contributed by atoms with van der Waals surface area (Å²) in [5, 5.41) is 5.93. The molecule has 2 N–H and O–H groups in total. The molecule has 1 aromatic heterocycles. The van der Waals surface area contributed by atoms with Crippen LogP contribution in [0.3, 0.4) is 0 Å². The Labute approximate surface area is 153 Å². The summed E-state index contributed by atoms with van der Waals surface area (Å²) in [6, 6.07) is 13.9. The zero-order chi connectivity index (χ0) is 18.1.